The lowest BCUT2D eigenvalue weighted by molar-refractivity contribution is 0.0119. The molecule has 1 aromatic heterocycles. The van der Waals surface area contributed by atoms with Crippen molar-refractivity contribution in [2.24, 2.45) is 0 Å². The SMILES string of the molecule is Cc1ccc(C(CNC(=O)N2CCCCCC2)N2CCOCC2)o1. The van der Waals surface area contributed by atoms with E-state index in [-0.39, 0.29) is 12.1 Å². The number of hydrogen-bond donors (Lipinski definition) is 1. The molecule has 2 aliphatic heterocycles. The Morgan fingerprint density at radius 1 is 1.12 bits per heavy atom. The molecular formula is C18H29N3O3. The van der Waals surface area contributed by atoms with E-state index in [4.69, 9.17) is 9.15 Å². The summed E-state index contributed by atoms with van der Waals surface area (Å²) in [7, 11) is 0. The number of likely N-dealkylation sites (tertiary alicyclic amines) is 1. The third kappa shape index (κ3) is 4.51. The lowest BCUT2D eigenvalue weighted by Gasteiger charge is -2.34. The number of morpholine rings is 1. The van der Waals surface area contributed by atoms with Crippen molar-refractivity contribution in [3.8, 4) is 0 Å². The van der Waals surface area contributed by atoms with Gasteiger partial charge in [0.15, 0.2) is 0 Å². The Morgan fingerprint density at radius 3 is 2.46 bits per heavy atom. The summed E-state index contributed by atoms with van der Waals surface area (Å²) < 4.78 is 11.3. The van der Waals surface area contributed by atoms with Gasteiger partial charge in [0.2, 0.25) is 0 Å². The fraction of sp³-hybridized carbons (Fsp3) is 0.722. The van der Waals surface area contributed by atoms with E-state index in [1.54, 1.807) is 0 Å². The molecule has 2 saturated heterocycles. The highest BCUT2D eigenvalue weighted by Gasteiger charge is 2.26. The van der Waals surface area contributed by atoms with Gasteiger partial charge in [0, 0.05) is 32.7 Å². The number of rotatable bonds is 4. The molecule has 1 N–H and O–H groups in total. The Hall–Kier alpha value is -1.53. The lowest BCUT2D eigenvalue weighted by Crippen LogP contribution is -2.47. The summed E-state index contributed by atoms with van der Waals surface area (Å²) in [6.07, 6.45) is 4.67. The maximum absolute atomic E-state index is 12.5. The zero-order valence-corrected chi connectivity index (χ0v) is 14.6. The van der Waals surface area contributed by atoms with Crippen LogP contribution >= 0.6 is 0 Å². The minimum Gasteiger partial charge on any atom is -0.465 e. The molecule has 0 spiro atoms. The third-order valence-corrected chi connectivity index (χ3v) is 4.92. The summed E-state index contributed by atoms with van der Waals surface area (Å²) in [6, 6.07) is 4.13. The molecule has 3 heterocycles. The van der Waals surface area contributed by atoms with E-state index < -0.39 is 0 Å². The van der Waals surface area contributed by atoms with E-state index in [2.05, 4.69) is 10.2 Å². The number of nitrogens with zero attached hydrogens (tertiary/aromatic N) is 2. The van der Waals surface area contributed by atoms with Gasteiger partial charge in [-0.25, -0.2) is 4.79 Å². The molecule has 2 fully saturated rings. The Labute approximate surface area is 144 Å². The molecule has 24 heavy (non-hydrogen) atoms. The van der Waals surface area contributed by atoms with E-state index in [1.165, 1.54) is 12.8 Å². The van der Waals surface area contributed by atoms with Gasteiger partial charge in [-0.15, -0.1) is 0 Å². The summed E-state index contributed by atoms with van der Waals surface area (Å²) in [5.41, 5.74) is 0. The van der Waals surface area contributed by atoms with Gasteiger partial charge in [-0.3, -0.25) is 4.90 Å². The van der Waals surface area contributed by atoms with E-state index in [0.29, 0.717) is 6.54 Å². The molecule has 0 radical (unpaired) electrons. The number of carbonyl (C=O) groups excluding carboxylic acids is 1. The van der Waals surface area contributed by atoms with Crippen LogP contribution < -0.4 is 5.32 Å². The Kier molecular flexibility index (Phi) is 6.15. The molecule has 2 amide bonds. The van der Waals surface area contributed by atoms with Gasteiger partial charge in [0.05, 0.1) is 19.3 Å². The second-order valence-corrected chi connectivity index (χ2v) is 6.70. The molecule has 6 heteroatoms. The fourth-order valence-electron chi connectivity index (χ4n) is 3.50. The Balaban J connectivity index is 1.61. The van der Waals surface area contributed by atoms with E-state index in [1.807, 2.05) is 24.0 Å². The summed E-state index contributed by atoms with van der Waals surface area (Å²) in [5, 5.41) is 3.13. The first kappa shape index (κ1) is 17.3. The molecule has 1 unspecified atom stereocenters. The standard InChI is InChI=1S/C18H29N3O3/c1-15-6-7-17(24-15)16(20-10-12-23-13-11-20)14-19-18(22)21-8-4-2-3-5-9-21/h6-7,16H,2-5,8-14H2,1H3,(H,19,22). The predicted molar refractivity (Wildman–Crippen MR) is 92.0 cm³/mol. The van der Waals surface area contributed by atoms with Crippen molar-refractivity contribution in [3.63, 3.8) is 0 Å². The molecule has 6 nitrogen and oxygen atoms in total. The van der Waals surface area contributed by atoms with Gasteiger partial charge in [0.1, 0.15) is 11.5 Å². The van der Waals surface area contributed by atoms with E-state index >= 15 is 0 Å². The van der Waals surface area contributed by atoms with Crippen LogP contribution in [-0.4, -0.2) is 61.8 Å². The zero-order valence-electron chi connectivity index (χ0n) is 14.6. The summed E-state index contributed by atoms with van der Waals surface area (Å²) in [4.78, 5) is 16.8. The normalized spacial score (nSPS) is 21.3. The maximum atomic E-state index is 12.5. The summed E-state index contributed by atoms with van der Waals surface area (Å²) >= 11 is 0. The van der Waals surface area contributed by atoms with E-state index in [0.717, 1.165) is 63.8 Å². The van der Waals surface area contributed by atoms with Crippen molar-refractivity contribution in [2.45, 2.75) is 38.6 Å². The summed E-state index contributed by atoms with van der Waals surface area (Å²) in [6.45, 7) is 7.46. The first-order chi connectivity index (χ1) is 11.7. The smallest absolute Gasteiger partial charge is 0.317 e. The van der Waals surface area contributed by atoms with Crippen LogP contribution in [0.15, 0.2) is 16.5 Å². The number of ether oxygens (including phenoxy) is 1. The van der Waals surface area contributed by atoms with Crippen LogP contribution in [-0.2, 0) is 4.74 Å². The molecule has 134 valence electrons. The Morgan fingerprint density at radius 2 is 1.83 bits per heavy atom. The largest absolute Gasteiger partial charge is 0.465 e. The molecule has 0 saturated carbocycles. The number of nitrogens with one attached hydrogen (secondary N) is 1. The van der Waals surface area contributed by atoms with Gasteiger partial charge in [-0.05, 0) is 31.9 Å². The molecule has 1 atom stereocenters. The zero-order chi connectivity index (χ0) is 16.8. The highest BCUT2D eigenvalue weighted by Crippen LogP contribution is 2.23. The van der Waals surface area contributed by atoms with Crippen LogP contribution in [0.25, 0.3) is 0 Å². The number of carbonyl (C=O) groups is 1. The molecule has 1 aromatic rings. The highest BCUT2D eigenvalue weighted by molar-refractivity contribution is 5.74. The van der Waals surface area contributed by atoms with Crippen LogP contribution in [0.3, 0.4) is 0 Å². The average Bonchev–Trinajstić information content (AvgIpc) is 2.87. The van der Waals surface area contributed by atoms with Crippen molar-refractivity contribution in [3.05, 3.63) is 23.7 Å². The first-order valence-electron chi connectivity index (χ1n) is 9.15. The molecular weight excluding hydrogens is 306 g/mol. The average molecular weight is 335 g/mol. The van der Waals surface area contributed by atoms with Crippen LogP contribution in [0.2, 0.25) is 0 Å². The number of furan rings is 1. The topological polar surface area (TPSA) is 58.0 Å². The van der Waals surface area contributed by atoms with Crippen LogP contribution in [0.1, 0.15) is 43.2 Å². The van der Waals surface area contributed by atoms with Crippen molar-refractivity contribution in [1.82, 2.24) is 15.1 Å². The van der Waals surface area contributed by atoms with Crippen LogP contribution in [0.4, 0.5) is 4.79 Å². The number of aryl methyl sites for hydroxylation is 1. The molecule has 0 aromatic carbocycles. The molecule has 0 bridgehead atoms. The Bertz CT molecular complexity index is 517. The quantitative estimate of drug-likeness (QED) is 0.919. The first-order valence-corrected chi connectivity index (χ1v) is 9.15. The van der Waals surface area contributed by atoms with Crippen LogP contribution in [0, 0.1) is 6.92 Å². The predicted octanol–water partition coefficient (Wildman–Crippen LogP) is 2.55. The minimum atomic E-state index is 0.0541. The van der Waals surface area contributed by atoms with Crippen molar-refractivity contribution in [2.75, 3.05) is 45.9 Å². The second-order valence-electron chi connectivity index (χ2n) is 6.70. The lowest BCUT2D eigenvalue weighted by atomic mass is 10.1. The number of urea groups is 1. The number of hydrogen-bond acceptors (Lipinski definition) is 4. The second kappa shape index (κ2) is 8.53. The van der Waals surface area contributed by atoms with Gasteiger partial charge in [-0.1, -0.05) is 12.8 Å². The molecule has 3 rings (SSSR count). The third-order valence-electron chi connectivity index (χ3n) is 4.92. The van der Waals surface area contributed by atoms with Crippen molar-refractivity contribution < 1.29 is 13.9 Å². The highest BCUT2D eigenvalue weighted by atomic mass is 16.5. The van der Waals surface area contributed by atoms with Gasteiger partial charge >= 0.3 is 6.03 Å². The monoisotopic (exact) mass is 335 g/mol. The van der Waals surface area contributed by atoms with E-state index in [9.17, 15) is 4.79 Å². The molecule has 2 aliphatic rings. The van der Waals surface area contributed by atoms with Crippen molar-refractivity contribution >= 4 is 6.03 Å². The van der Waals surface area contributed by atoms with Crippen LogP contribution in [0.5, 0.6) is 0 Å². The minimum absolute atomic E-state index is 0.0541. The van der Waals surface area contributed by atoms with Crippen molar-refractivity contribution in [1.29, 1.82) is 0 Å². The fourth-order valence-corrected chi connectivity index (χ4v) is 3.50. The van der Waals surface area contributed by atoms with Gasteiger partial charge in [-0.2, -0.15) is 0 Å². The van der Waals surface area contributed by atoms with Gasteiger partial charge < -0.3 is 19.4 Å². The maximum Gasteiger partial charge on any atom is 0.317 e. The number of amides is 2. The van der Waals surface area contributed by atoms with Gasteiger partial charge in [0.25, 0.3) is 0 Å². The molecule has 0 aliphatic carbocycles. The summed E-state index contributed by atoms with van der Waals surface area (Å²) in [5.74, 6) is 1.83.